The van der Waals surface area contributed by atoms with Crippen LogP contribution in [0.3, 0.4) is 0 Å². The van der Waals surface area contributed by atoms with Crippen molar-refractivity contribution in [1.82, 2.24) is 4.90 Å². The molecule has 0 aromatic heterocycles. The maximum absolute atomic E-state index is 12.0. The molecule has 3 N–H and O–H groups in total. The minimum Gasteiger partial charge on any atom is -0.326 e. The van der Waals surface area contributed by atoms with Crippen molar-refractivity contribution < 1.29 is 4.79 Å². The lowest BCUT2D eigenvalue weighted by molar-refractivity contribution is 0.174. The van der Waals surface area contributed by atoms with Gasteiger partial charge in [0.25, 0.3) is 0 Å². The Bertz CT molecular complexity index is 438. The predicted molar refractivity (Wildman–Crippen MR) is 73.8 cm³/mol. The fourth-order valence-corrected chi connectivity index (χ4v) is 2.24. The van der Waals surface area contributed by atoms with Crippen LogP contribution in [0, 0.1) is 5.92 Å². The lowest BCUT2D eigenvalue weighted by atomic mass is 9.94. The van der Waals surface area contributed by atoms with Crippen molar-refractivity contribution in [3.8, 4) is 0 Å². The van der Waals surface area contributed by atoms with Gasteiger partial charge >= 0.3 is 6.03 Å². The summed E-state index contributed by atoms with van der Waals surface area (Å²) in [6, 6.07) is 7.07. The number of urea groups is 1. The number of likely N-dealkylation sites (tertiary alicyclic amines) is 1. The van der Waals surface area contributed by atoms with E-state index in [4.69, 9.17) is 17.3 Å². The minimum absolute atomic E-state index is 0.0591. The lowest BCUT2D eigenvalue weighted by Crippen LogP contribution is -2.50. The van der Waals surface area contributed by atoms with E-state index in [1.165, 1.54) is 0 Å². The standard InChI is InChI=1S/C13H18ClN3O/c1-9-5-6-17(8-12(9)15)13(18)16-11-4-2-3-10(14)7-11/h2-4,7,9,12H,5-6,8,15H2,1H3,(H,16,18). The molecule has 1 saturated heterocycles. The summed E-state index contributed by atoms with van der Waals surface area (Å²) in [4.78, 5) is 13.8. The number of carbonyl (C=O) groups excluding carboxylic acids is 1. The number of hydrogen-bond acceptors (Lipinski definition) is 2. The zero-order valence-electron chi connectivity index (χ0n) is 10.4. The van der Waals surface area contributed by atoms with Gasteiger partial charge in [-0.25, -0.2) is 4.79 Å². The van der Waals surface area contributed by atoms with Crippen molar-refractivity contribution in [3.05, 3.63) is 29.3 Å². The van der Waals surface area contributed by atoms with Gasteiger partial charge in [-0.1, -0.05) is 24.6 Å². The van der Waals surface area contributed by atoms with Crippen LogP contribution in [0.5, 0.6) is 0 Å². The van der Waals surface area contributed by atoms with Crippen LogP contribution in [0.4, 0.5) is 10.5 Å². The van der Waals surface area contributed by atoms with Gasteiger partial charge in [0.05, 0.1) is 0 Å². The summed E-state index contributed by atoms with van der Waals surface area (Å²) >= 11 is 5.87. The van der Waals surface area contributed by atoms with E-state index in [1.54, 1.807) is 17.0 Å². The molecule has 1 aliphatic rings. The first-order valence-corrected chi connectivity index (χ1v) is 6.51. The van der Waals surface area contributed by atoms with Crippen LogP contribution < -0.4 is 11.1 Å². The second kappa shape index (κ2) is 5.59. The van der Waals surface area contributed by atoms with Gasteiger partial charge in [-0.3, -0.25) is 0 Å². The van der Waals surface area contributed by atoms with E-state index < -0.39 is 0 Å². The van der Waals surface area contributed by atoms with Gasteiger partial charge in [0.15, 0.2) is 0 Å². The number of nitrogens with two attached hydrogens (primary N) is 1. The van der Waals surface area contributed by atoms with Crippen molar-refractivity contribution in [3.63, 3.8) is 0 Å². The van der Waals surface area contributed by atoms with Gasteiger partial charge < -0.3 is 16.0 Å². The number of nitrogens with zero attached hydrogens (tertiary/aromatic N) is 1. The van der Waals surface area contributed by atoms with Crippen LogP contribution in [-0.4, -0.2) is 30.1 Å². The zero-order valence-corrected chi connectivity index (χ0v) is 11.2. The quantitative estimate of drug-likeness (QED) is 0.822. The van der Waals surface area contributed by atoms with Gasteiger partial charge in [0, 0.05) is 29.8 Å². The Morgan fingerprint density at radius 1 is 1.56 bits per heavy atom. The molecule has 2 unspecified atom stereocenters. The highest BCUT2D eigenvalue weighted by Crippen LogP contribution is 2.18. The third-order valence-electron chi connectivity index (χ3n) is 3.38. The molecule has 4 nitrogen and oxygen atoms in total. The number of benzene rings is 1. The summed E-state index contributed by atoms with van der Waals surface area (Å²) in [6.45, 7) is 3.48. The monoisotopic (exact) mass is 267 g/mol. The fourth-order valence-electron chi connectivity index (χ4n) is 2.05. The van der Waals surface area contributed by atoms with Crippen LogP contribution >= 0.6 is 11.6 Å². The first kappa shape index (κ1) is 13.2. The number of piperidine rings is 1. The average molecular weight is 268 g/mol. The Balaban J connectivity index is 1.96. The van der Waals surface area contributed by atoms with Crippen molar-refractivity contribution in [2.75, 3.05) is 18.4 Å². The van der Waals surface area contributed by atoms with Crippen LogP contribution in [-0.2, 0) is 0 Å². The molecule has 2 amide bonds. The highest BCUT2D eigenvalue weighted by molar-refractivity contribution is 6.30. The molecule has 0 saturated carbocycles. The largest absolute Gasteiger partial charge is 0.326 e. The SMILES string of the molecule is CC1CCN(C(=O)Nc2cccc(Cl)c2)CC1N. The molecule has 5 heteroatoms. The molecule has 1 aromatic rings. The van der Waals surface area contributed by atoms with E-state index in [9.17, 15) is 4.79 Å². The molecule has 1 heterocycles. The normalized spacial score (nSPS) is 23.8. The van der Waals surface area contributed by atoms with Gasteiger partial charge in [0.2, 0.25) is 0 Å². The maximum Gasteiger partial charge on any atom is 0.321 e. The Hall–Kier alpha value is -1.26. The van der Waals surface area contributed by atoms with Crippen molar-refractivity contribution >= 4 is 23.3 Å². The van der Waals surface area contributed by atoms with Gasteiger partial charge in [-0.2, -0.15) is 0 Å². The van der Waals surface area contributed by atoms with Crippen LogP contribution in [0.2, 0.25) is 5.02 Å². The number of amides is 2. The molecule has 1 aromatic carbocycles. The van der Waals surface area contributed by atoms with E-state index in [-0.39, 0.29) is 12.1 Å². The number of halogens is 1. The van der Waals surface area contributed by atoms with E-state index in [2.05, 4.69) is 12.2 Å². The molecule has 2 atom stereocenters. The molecular formula is C13H18ClN3O. The molecule has 0 bridgehead atoms. The predicted octanol–water partition coefficient (Wildman–Crippen LogP) is 2.54. The number of anilines is 1. The highest BCUT2D eigenvalue weighted by atomic mass is 35.5. The van der Waals surface area contributed by atoms with E-state index >= 15 is 0 Å². The van der Waals surface area contributed by atoms with Gasteiger partial charge in [-0.15, -0.1) is 0 Å². The van der Waals surface area contributed by atoms with Crippen molar-refractivity contribution in [2.45, 2.75) is 19.4 Å². The first-order chi connectivity index (χ1) is 8.56. The number of rotatable bonds is 1. The second-order valence-electron chi connectivity index (χ2n) is 4.82. The summed E-state index contributed by atoms with van der Waals surface area (Å²) in [6.07, 6.45) is 0.949. The Kier molecular flexibility index (Phi) is 4.09. The molecule has 2 rings (SSSR count). The molecular weight excluding hydrogens is 250 g/mol. The summed E-state index contributed by atoms with van der Waals surface area (Å²) in [5.41, 5.74) is 6.69. The molecule has 1 fully saturated rings. The van der Waals surface area contributed by atoms with Crippen LogP contribution in [0.1, 0.15) is 13.3 Å². The van der Waals surface area contributed by atoms with Crippen molar-refractivity contribution in [1.29, 1.82) is 0 Å². The molecule has 0 spiro atoms. The molecule has 0 radical (unpaired) electrons. The Labute approximate surface area is 112 Å². The molecule has 1 aliphatic heterocycles. The lowest BCUT2D eigenvalue weighted by Gasteiger charge is -2.34. The highest BCUT2D eigenvalue weighted by Gasteiger charge is 2.26. The summed E-state index contributed by atoms with van der Waals surface area (Å²) < 4.78 is 0. The number of nitrogens with one attached hydrogen (secondary N) is 1. The molecule has 98 valence electrons. The molecule has 0 aliphatic carbocycles. The fraction of sp³-hybridized carbons (Fsp3) is 0.462. The Morgan fingerprint density at radius 3 is 3.00 bits per heavy atom. The second-order valence-corrected chi connectivity index (χ2v) is 5.25. The first-order valence-electron chi connectivity index (χ1n) is 6.13. The Morgan fingerprint density at radius 2 is 2.33 bits per heavy atom. The van der Waals surface area contributed by atoms with Gasteiger partial charge in [0.1, 0.15) is 0 Å². The van der Waals surface area contributed by atoms with E-state index in [0.29, 0.717) is 23.2 Å². The average Bonchev–Trinajstić information content (AvgIpc) is 2.32. The third kappa shape index (κ3) is 3.15. The van der Waals surface area contributed by atoms with Gasteiger partial charge in [-0.05, 0) is 30.5 Å². The minimum atomic E-state index is -0.111. The number of hydrogen-bond donors (Lipinski definition) is 2. The summed E-state index contributed by atoms with van der Waals surface area (Å²) in [5, 5.41) is 3.44. The topological polar surface area (TPSA) is 58.4 Å². The summed E-state index contributed by atoms with van der Waals surface area (Å²) in [7, 11) is 0. The van der Waals surface area contributed by atoms with E-state index in [1.807, 2.05) is 12.1 Å². The maximum atomic E-state index is 12.0. The van der Waals surface area contributed by atoms with Crippen LogP contribution in [0.15, 0.2) is 24.3 Å². The number of carbonyl (C=O) groups is 1. The summed E-state index contributed by atoms with van der Waals surface area (Å²) in [5.74, 6) is 0.472. The third-order valence-corrected chi connectivity index (χ3v) is 3.61. The van der Waals surface area contributed by atoms with Crippen molar-refractivity contribution in [2.24, 2.45) is 11.7 Å². The van der Waals surface area contributed by atoms with E-state index in [0.717, 1.165) is 13.0 Å². The smallest absolute Gasteiger partial charge is 0.321 e. The molecule has 18 heavy (non-hydrogen) atoms. The van der Waals surface area contributed by atoms with Crippen LogP contribution in [0.25, 0.3) is 0 Å². The zero-order chi connectivity index (χ0) is 13.1.